The molecule has 4 rings (SSSR count). The van der Waals surface area contributed by atoms with Crippen LogP contribution in [0.4, 0.5) is 10.3 Å². The van der Waals surface area contributed by atoms with Gasteiger partial charge in [-0.25, -0.2) is 18.4 Å². The maximum atomic E-state index is 12.4. The summed E-state index contributed by atoms with van der Waals surface area (Å²) in [5.41, 5.74) is 2.41. The van der Waals surface area contributed by atoms with Crippen LogP contribution in [0.1, 0.15) is 11.3 Å². The quantitative estimate of drug-likeness (QED) is 0.467. The molecule has 2 N–H and O–H groups in total. The van der Waals surface area contributed by atoms with Crippen LogP contribution in [0.15, 0.2) is 58.8 Å². The molecule has 0 bridgehead atoms. The van der Waals surface area contributed by atoms with Gasteiger partial charge < -0.3 is 5.32 Å². The molecule has 0 fully saturated rings. The van der Waals surface area contributed by atoms with Crippen LogP contribution in [-0.4, -0.2) is 24.3 Å². The number of thiazole rings is 2. The molecule has 0 saturated heterocycles. The molecule has 0 aliphatic rings. The smallest absolute Gasteiger partial charge is 0.263 e. The van der Waals surface area contributed by atoms with Gasteiger partial charge in [-0.1, -0.05) is 41.7 Å². The summed E-state index contributed by atoms with van der Waals surface area (Å²) in [6, 6.07) is 13.9. The highest BCUT2D eigenvalue weighted by atomic mass is 32.2. The number of benzene rings is 2. The van der Waals surface area contributed by atoms with Crippen molar-refractivity contribution >= 4 is 59.1 Å². The van der Waals surface area contributed by atoms with Crippen LogP contribution in [-0.2, 0) is 21.2 Å². The number of aryl methyl sites for hydroxylation is 1. The van der Waals surface area contributed by atoms with Crippen molar-refractivity contribution < 1.29 is 13.2 Å². The van der Waals surface area contributed by atoms with E-state index < -0.39 is 10.0 Å². The van der Waals surface area contributed by atoms with E-state index in [1.807, 2.05) is 25.1 Å². The van der Waals surface area contributed by atoms with Gasteiger partial charge in [0.25, 0.3) is 10.0 Å². The van der Waals surface area contributed by atoms with Crippen LogP contribution in [0.25, 0.3) is 10.2 Å². The fourth-order valence-electron chi connectivity index (χ4n) is 2.68. The molecular weight excluding hydrogens is 428 g/mol. The first-order valence-corrected chi connectivity index (χ1v) is 11.8. The van der Waals surface area contributed by atoms with Gasteiger partial charge in [-0.2, -0.15) is 0 Å². The molecule has 2 heterocycles. The van der Waals surface area contributed by atoms with E-state index in [1.165, 1.54) is 23.5 Å². The average molecular weight is 445 g/mol. The highest BCUT2D eigenvalue weighted by Gasteiger charge is 2.17. The number of hydrogen-bond donors (Lipinski definition) is 2. The molecule has 7 nitrogen and oxygen atoms in total. The van der Waals surface area contributed by atoms with Gasteiger partial charge >= 0.3 is 0 Å². The zero-order valence-electron chi connectivity index (χ0n) is 15.2. The van der Waals surface area contributed by atoms with E-state index in [0.29, 0.717) is 10.8 Å². The summed E-state index contributed by atoms with van der Waals surface area (Å²) in [7, 11) is -3.71. The number of carbonyl (C=O) groups excluding carboxylic acids is 1. The van der Waals surface area contributed by atoms with Crippen molar-refractivity contribution in [2.45, 2.75) is 18.2 Å². The predicted octanol–water partition coefficient (Wildman–Crippen LogP) is 4.04. The fraction of sp³-hybridized carbons (Fsp3) is 0.105. The molecule has 10 heteroatoms. The Balaban J connectivity index is 1.42. The number of anilines is 2. The predicted molar refractivity (Wildman–Crippen MR) is 116 cm³/mol. The third-order valence-electron chi connectivity index (χ3n) is 4.04. The minimum absolute atomic E-state index is 0.0263. The average Bonchev–Trinajstić information content (AvgIpc) is 3.29. The van der Waals surface area contributed by atoms with E-state index in [0.717, 1.165) is 27.1 Å². The lowest BCUT2D eigenvalue weighted by Gasteiger charge is -2.04. The molecule has 0 aliphatic heterocycles. The van der Waals surface area contributed by atoms with Gasteiger partial charge in [0.15, 0.2) is 10.3 Å². The number of carbonyl (C=O) groups is 1. The lowest BCUT2D eigenvalue weighted by molar-refractivity contribution is -0.115. The Labute approximate surface area is 175 Å². The first-order valence-electron chi connectivity index (χ1n) is 8.59. The van der Waals surface area contributed by atoms with Crippen molar-refractivity contribution in [1.29, 1.82) is 0 Å². The maximum Gasteiger partial charge on any atom is 0.263 e. The summed E-state index contributed by atoms with van der Waals surface area (Å²) in [6.07, 6.45) is 0.0263. The van der Waals surface area contributed by atoms with E-state index in [-0.39, 0.29) is 22.4 Å². The Morgan fingerprint density at radius 2 is 1.83 bits per heavy atom. The van der Waals surface area contributed by atoms with Gasteiger partial charge in [-0.05, 0) is 30.7 Å². The molecule has 0 aliphatic carbocycles. The Hall–Kier alpha value is -2.82. The van der Waals surface area contributed by atoms with Gasteiger partial charge in [-0.3, -0.25) is 9.52 Å². The highest BCUT2D eigenvalue weighted by molar-refractivity contribution is 7.93. The molecule has 0 atom stereocenters. The Morgan fingerprint density at radius 3 is 2.59 bits per heavy atom. The van der Waals surface area contributed by atoms with Crippen molar-refractivity contribution in [3.63, 3.8) is 0 Å². The SMILES string of the molecule is Cc1cccc2sc(NC(=O)Cc3csc(NS(=O)(=O)c4ccccc4)n3)nc12. The van der Waals surface area contributed by atoms with E-state index >= 15 is 0 Å². The largest absolute Gasteiger partial charge is 0.302 e. The minimum Gasteiger partial charge on any atom is -0.302 e. The number of amides is 1. The van der Waals surface area contributed by atoms with Gasteiger partial charge in [0.2, 0.25) is 5.91 Å². The first kappa shape index (κ1) is 19.5. The Morgan fingerprint density at radius 1 is 1.03 bits per heavy atom. The number of aromatic nitrogens is 2. The lowest BCUT2D eigenvalue weighted by Crippen LogP contribution is -2.15. The summed E-state index contributed by atoms with van der Waals surface area (Å²) in [5, 5.41) is 5.18. The van der Waals surface area contributed by atoms with Crippen LogP contribution in [0.3, 0.4) is 0 Å². The van der Waals surface area contributed by atoms with Crippen molar-refractivity contribution in [1.82, 2.24) is 9.97 Å². The van der Waals surface area contributed by atoms with Crippen LogP contribution in [0.2, 0.25) is 0 Å². The van der Waals surface area contributed by atoms with Gasteiger partial charge in [0.05, 0.1) is 27.2 Å². The molecule has 2 aromatic carbocycles. The number of para-hydroxylation sites is 1. The normalized spacial score (nSPS) is 11.5. The summed E-state index contributed by atoms with van der Waals surface area (Å²) in [5.74, 6) is -0.260. The number of rotatable bonds is 6. The topological polar surface area (TPSA) is 101 Å². The molecule has 0 radical (unpaired) electrons. The molecule has 0 spiro atoms. The Bertz CT molecular complexity index is 1280. The van der Waals surface area contributed by atoms with Gasteiger partial charge in [0, 0.05) is 5.38 Å². The molecule has 2 aromatic heterocycles. The number of hydrogen-bond acceptors (Lipinski definition) is 7. The van der Waals surface area contributed by atoms with Gasteiger partial charge in [-0.15, -0.1) is 11.3 Å². The zero-order valence-corrected chi connectivity index (χ0v) is 17.7. The van der Waals surface area contributed by atoms with E-state index in [2.05, 4.69) is 20.0 Å². The van der Waals surface area contributed by atoms with E-state index in [9.17, 15) is 13.2 Å². The zero-order chi connectivity index (χ0) is 20.4. The molecule has 29 heavy (non-hydrogen) atoms. The molecule has 0 unspecified atom stereocenters. The Kier molecular flexibility index (Phi) is 5.31. The highest BCUT2D eigenvalue weighted by Crippen LogP contribution is 2.28. The molecule has 1 amide bonds. The van der Waals surface area contributed by atoms with Gasteiger partial charge in [0.1, 0.15) is 0 Å². The minimum atomic E-state index is -3.71. The van der Waals surface area contributed by atoms with Crippen molar-refractivity contribution in [3.8, 4) is 0 Å². The number of nitrogens with one attached hydrogen (secondary N) is 2. The third-order valence-corrected chi connectivity index (χ3v) is 7.26. The van der Waals surface area contributed by atoms with Crippen LogP contribution < -0.4 is 10.0 Å². The van der Waals surface area contributed by atoms with Crippen molar-refractivity contribution in [2.24, 2.45) is 0 Å². The standard InChI is InChI=1S/C19H16N4O3S3/c1-12-6-5-9-15-17(12)22-18(28-15)21-16(24)10-13-11-27-19(20-13)23-29(25,26)14-7-3-2-4-8-14/h2-9,11H,10H2,1H3,(H,20,23)(H,21,22,24). The summed E-state index contributed by atoms with van der Waals surface area (Å²) < 4.78 is 28.2. The number of nitrogens with zero attached hydrogens (tertiary/aromatic N) is 2. The molecule has 148 valence electrons. The van der Waals surface area contributed by atoms with Crippen molar-refractivity contribution in [3.05, 3.63) is 65.2 Å². The second-order valence-electron chi connectivity index (χ2n) is 6.23. The second-order valence-corrected chi connectivity index (χ2v) is 9.80. The number of sulfonamides is 1. The van der Waals surface area contributed by atoms with E-state index in [4.69, 9.17) is 0 Å². The maximum absolute atomic E-state index is 12.4. The van der Waals surface area contributed by atoms with Crippen molar-refractivity contribution in [2.75, 3.05) is 10.0 Å². The fourth-order valence-corrected chi connectivity index (χ4v) is 5.62. The van der Waals surface area contributed by atoms with Crippen LogP contribution >= 0.6 is 22.7 Å². The van der Waals surface area contributed by atoms with Crippen LogP contribution in [0, 0.1) is 6.92 Å². The summed E-state index contributed by atoms with van der Waals surface area (Å²) in [6.45, 7) is 1.97. The summed E-state index contributed by atoms with van der Waals surface area (Å²) in [4.78, 5) is 21.2. The van der Waals surface area contributed by atoms with E-state index in [1.54, 1.807) is 23.6 Å². The lowest BCUT2D eigenvalue weighted by atomic mass is 10.2. The molecule has 4 aromatic rings. The molecule has 0 saturated carbocycles. The summed E-state index contributed by atoms with van der Waals surface area (Å²) >= 11 is 2.54. The first-order chi connectivity index (χ1) is 13.9. The van der Waals surface area contributed by atoms with Crippen LogP contribution in [0.5, 0.6) is 0 Å². The monoisotopic (exact) mass is 444 g/mol. The second kappa shape index (κ2) is 7.90. The molecular formula is C19H16N4O3S3. The third kappa shape index (κ3) is 4.44. The number of fused-ring (bicyclic) bond motifs is 1.